The van der Waals surface area contributed by atoms with Crippen LogP contribution >= 0.6 is 0 Å². The van der Waals surface area contributed by atoms with E-state index in [-0.39, 0.29) is 23.8 Å². The molecule has 11 heteroatoms. The lowest BCUT2D eigenvalue weighted by Gasteiger charge is -2.37. The van der Waals surface area contributed by atoms with Gasteiger partial charge in [0.05, 0.1) is 29.7 Å². The lowest BCUT2D eigenvalue weighted by atomic mass is 9.92. The second-order valence-electron chi connectivity index (χ2n) is 11.4. The van der Waals surface area contributed by atoms with Crippen LogP contribution in [0.1, 0.15) is 56.8 Å². The molecule has 8 nitrogen and oxygen atoms in total. The van der Waals surface area contributed by atoms with Gasteiger partial charge >= 0.3 is 6.18 Å². The number of alkyl halides is 3. The average Bonchev–Trinajstić information content (AvgIpc) is 3.36. The zero-order valence-electron chi connectivity index (χ0n) is 23.2. The van der Waals surface area contributed by atoms with Gasteiger partial charge in [-0.3, -0.25) is 4.40 Å². The molecular weight excluding hydrogens is 519 g/mol. The molecule has 4 aromatic rings. The number of anilines is 1. The van der Waals surface area contributed by atoms with E-state index < -0.39 is 11.7 Å². The highest BCUT2D eigenvalue weighted by Crippen LogP contribution is 2.40. The molecule has 1 aromatic carbocycles. The Hall–Kier alpha value is -3.31. The Morgan fingerprint density at radius 3 is 2.38 bits per heavy atom. The molecule has 2 saturated heterocycles. The molecule has 212 valence electrons. The molecule has 0 bridgehead atoms. The molecule has 0 saturated carbocycles. The summed E-state index contributed by atoms with van der Waals surface area (Å²) >= 11 is 0. The van der Waals surface area contributed by atoms with Crippen LogP contribution in [0.4, 0.5) is 18.9 Å². The fraction of sp³-hybridized carbons (Fsp3) is 0.517. The molecule has 2 fully saturated rings. The predicted molar refractivity (Wildman–Crippen MR) is 147 cm³/mol. The minimum absolute atomic E-state index is 0.0886. The van der Waals surface area contributed by atoms with E-state index in [9.17, 15) is 13.2 Å². The van der Waals surface area contributed by atoms with Crippen molar-refractivity contribution in [2.75, 3.05) is 32.1 Å². The van der Waals surface area contributed by atoms with Crippen molar-refractivity contribution >= 4 is 22.5 Å². The first-order valence-electron chi connectivity index (χ1n) is 13.9. The average molecular weight is 554 g/mol. The molecule has 40 heavy (non-hydrogen) atoms. The molecule has 0 aliphatic carbocycles. The number of hydrogen-bond donors (Lipinski definition) is 0. The standard InChI is InChI=1S/C29H34F3N7O/c1-17-13-20(14-18(2)40-17)27-36-35-26-16-33-24-7-6-23(34-28(24)39(26)27)19-5-8-25(22(15-19)29(30,31)32)38-11-9-21(10-12-38)37(3)4/h5-8,15-18,20-21H,9-14H2,1-4H3/t17-,18+,20?. The summed E-state index contributed by atoms with van der Waals surface area (Å²) in [4.78, 5) is 13.3. The molecule has 0 spiro atoms. The number of pyridine rings is 1. The van der Waals surface area contributed by atoms with E-state index in [0.717, 1.165) is 31.5 Å². The van der Waals surface area contributed by atoms with Crippen molar-refractivity contribution in [1.29, 1.82) is 0 Å². The fourth-order valence-corrected chi connectivity index (χ4v) is 6.31. The van der Waals surface area contributed by atoms with Crippen molar-refractivity contribution in [2.45, 2.75) is 69.9 Å². The minimum atomic E-state index is -4.49. The topological polar surface area (TPSA) is 71.7 Å². The molecule has 5 heterocycles. The van der Waals surface area contributed by atoms with Crippen LogP contribution in [0.2, 0.25) is 0 Å². The summed E-state index contributed by atoms with van der Waals surface area (Å²) in [5.74, 6) is 0.902. The van der Waals surface area contributed by atoms with Gasteiger partial charge in [-0.25, -0.2) is 9.97 Å². The van der Waals surface area contributed by atoms with Gasteiger partial charge < -0.3 is 14.5 Å². The van der Waals surface area contributed by atoms with Crippen LogP contribution in [0, 0.1) is 0 Å². The Morgan fingerprint density at radius 2 is 1.70 bits per heavy atom. The summed E-state index contributed by atoms with van der Waals surface area (Å²) in [6.07, 6.45) is 0.598. The van der Waals surface area contributed by atoms with Crippen LogP contribution in [-0.2, 0) is 10.9 Å². The van der Waals surface area contributed by atoms with Gasteiger partial charge in [0.25, 0.3) is 0 Å². The second-order valence-corrected chi connectivity index (χ2v) is 11.4. The maximum atomic E-state index is 14.3. The summed E-state index contributed by atoms with van der Waals surface area (Å²) in [6.45, 7) is 5.27. The van der Waals surface area contributed by atoms with Gasteiger partial charge in [0.1, 0.15) is 11.3 Å². The van der Waals surface area contributed by atoms with Crippen LogP contribution in [0.25, 0.3) is 28.1 Å². The van der Waals surface area contributed by atoms with Gasteiger partial charge in [0.15, 0.2) is 11.3 Å². The monoisotopic (exact) mass is 553 g/mol. The zero-order valence-corrected chi connectivity index (χ0v) is 23.2. The maximum Gasteiger partial charge on any atom is 0.418 e. The van der Waals surface area contributed by atoms with E-state index in [1.54, 1.807) is 30.5 Å². The van der Waals surface area contributed by atoms with E-state index in [1.165, 1.54) is 6.07 Å². The van der Waals surface area contributed by atoms with Gasteiger partial charge in [0.2, 0.25) is 0 Å². The minimum Gasteiger partial charge on any atom is -0.376 e. The first-order valence-corrected chi connectivity index (χ1v) is 13.9. The smallest absolute Gasteiger partial charge is 0.376 e. The summed E-state index contributed by atoms with van der Waals surface area (Å²) in [7, 11) is 4.03. The molecule has 0 radical (unpaired) electrons. The van der Waals surface area contributed by atoms with Gasteiger partial charge in [-0.2, -0.15) is 13.2 Å². The van der Waals surface area contributed by atoms with Crippen LogP contribution in [0.3, 0.4) is 0 Å². The molecule has 6 rings (SSSR count). The van der Waals surface area contributed by atoms with Crippen LogP contribution < -0.4 is 4.90 Å². The molecule has 2 aliphatic rings. The van der Waals surface area contributed by atoms with E-state index in [1.807, 2.05) is 37.2 Å². The first-order chi connectivity index (χ1) is 19.1. The van der Waals surface area contributed by atoms with Gasteiger partial charge in [-0.15, -0.1) is 10.2 Å². The Bertz CT molecular complexity index is 1520. The van der Waals surface area contributed by atoms with Crippen LogP contribution in [-0.4, -0.2) is 74.9 Å². The summed E-state index contributed by atoms with van der Waals surface area (Å²) in [6, 6.07) is 8.45. The number of halogens is 3. The van der Waals surface area contributed by atoms with Gasteiger partial charge in [-0.05, 0) is 77.9 Å². The van der Waals surface area contributed by atoms with Crippen LogP contribution in [0.15, 0.2) is 36.5 Å². The van der Waals surface area contributed by atoms with Crippen molar-refractivity contribution < 1.29 is 17.9 Å². The largest absolute Gasteiger partial charge is 0.418 e. The summed E-state index contributed by atoms with van der Waals surface area (Å²) in [5, 5.41) is 8.82. The predicted octanol–water partition coefficient (Wildman–Crippen LogP) is 5.56. The van der Waals surface area contributed by atoms with Crippen molar-refractivity contribution in [3.8, 4) is 11.3 Å². The summed E-state index contributed by atoms with van der Waals surface area (Å²) in [5.41, 5.74) is 2.15. The number of aromatic nitrogens is 5. The molecular formula is C29H34F3N7O. The fourth-order valence-electron chi connectivity index (χ4n) is 6.31. The van der Waals surface area contributed by atoms with Crippen molar-refractivity contribution in [3.63, 3.8) is 0 Å². The number of fused-ring (bicyclic) bond motifs is 3. The highest BCUT2D eigenvalue weighted by molar-refractivity contribution is 5.78. The second kappa shape index (κ2) is 10.3. The maximum absolute atomic E-state index is 14.3. The SMILES string of the molecule is C[C@@H]1CC(c2nnc3cnc4ccc(-c5ccc(N6CCC(N(C)C)CC6)c(C(F)(F)F)c5)nc4n23)C[C@H](C)O1. The number of piperidine rings is 1. The molecule has 1 unspecified atom stereocenters. The lowest BCUT2D eigenvalue weighted by Crippen LogP contribution is -2.42. The van der Waals surface area contributed by atoms with E-state index >= 15 is 0 Å². The third-order valence-electron chi connectivity index (χ3n) is 8.29. The van der Waals surface area contributed by atoms with Crippen molar-refractivity contribution in [2.24, 2.45) is 0 Å². The third-order valence-corrected chi connectivity index (χ3v) is 8.29. The molecule has 0 N–H and O–H groups in total. The van der Waals surface area contributed by atoms with Gasteiger partial charge in [-0.1, -0.05) is 6.07 Å². The molecule has 0 amide bonds. The number of hydrogen-bond acceptors (Lipinski definition) is 7. The highest BCUT2D eigenvalue weighted by atomic mass is 19.4. The number of ether oxygens (including phenoxy) is 1. The first kappa shape index (κ1) is 26.9. The zero-order chi connectivity index (χ0) is 28.2. The van der Waals surface area contributed by atoms with E-state index in [2.05, 4.69) is 20.1 Å². The number of nitrogens with zero attached hydrogens (tertiary/aromatic N) is 7. The molecule has 3 atom stereocenters. The van der Waals surface area contributed by atoms with Gasteiger partial charge in [0, 0.05) is 36.3 Å². The Kier molecular flexibility index (Phi) is 6.90. The highest BCUT2D eigenvalue weighted by Gasteiger charge is 2.36. The molecule has 2 aliphatic heterocycles. The number of rotatable bonds is 4. The third kappa shape index (κ3) is 5.01. The van der Waals surface area contributed by atoms with E-state index in [0.29, 0.717) is 47.2 Å². The van der Waals surface area contributed by atoms with Crippen molar-refractivity contribution in [1.82, 2.24) is 29.5 Å². The Morgan fingerprint density at radius 1 is 0.975 bits per heavy atom. The van der Waals surface area contributed by atoms with Crippen molar-refractivity contribution in [3.05, 3.63) is 47.9 Å². The van der Waals surface area contributed by atoms with E-state index in [4.69, 9.17) is 9.72 Å². The molecule has 3 aromatic heterocycles. The van der Waals surface area contributed by atoms with Crippen LogP contribution in [0.5, 0.6) is 0 Å². The Balaban J connectivity index is 1.40. The summed E-state index contributed by atoms with van der Waals surface area (Å²) < 4.78 is 50.9. The normalized spacial score (nSPS) is 23.0. The quantitative estimate of drug-likeness (QED) is 0.328. The number of benzene rings is 1. The Labute approximate surface area is 231 Å². The lowest BCUT2D eigenvalue weighted by molar-refractivity contribution is -0.137.